The molecule has 0 aliphatic carbocycles. The lowest BCUT2D eigenvalue weighted by Crippen LogP contribution is -1.75. The summed E-state index contributed by atoms with van der Waals surface area (Å²) in [7, 11) is 0. The van der Waals surface area contributed by atoms with Crippen LogP contribution in [0, 0.1) is 25.7 Å². The van der Waals surface area contributed by atoms with Crippen molar-refractivity contribution in [2.45, 2.75) is 13.8 Å². The molecule has 0 fully saturated rings. The maximum atomic E-state index is 13.7. The molecule has 0 saturated carbocycles. The van der Waals surface area contributed by atoms with Crippen molar-refractivity contribution in [2.24, 2.45) is 0 Å². The third-order valence-electron chi connectivity index (χ3n) is 2.19. The fourth-order valence-corrected chi connectivity index (χ4v) is 2.85. The van der Waals surface area contributed by atoms with E-state index in [-0.39, 0.29) is 4.88 Å². The Morgan fingerprint density at radius 3 is 2.22 bits per heavy atom. The Bertz CT molecular complexity index is 651. The first-order valence-electron chi connectivity index (χ1n) is 5.27. The summed E-state index contributed by atoms with van der Waals surface area (Å²) in [6, 6.07) is 7.01. The predicted molar refractivity (Wildman–Crippen MR) is 74.1 cm³/mol. The van der Waals surface area contributed by atoms with Crippen LogP contribution in [0.25, 0.3) is 5.83 Å². The first kappa shape index (κ1) is 13.0. The van der Waals surface area contributed by atoms with Crippen molar-refractivity contribution in [1.29, 1.82) is 0 Å². The van der Waals surface area contributed by atoms with Gasteiger partial charge in [-0.1, -0.05) is 0 Å². The van der Waals surface area contributed by atoms with Crippen LogP contribution in [0.15, 0.2) is 30.1 Å². The molecule has 4 heteroatoms. The summed E-state index contributed by atoms with van der Waals surface area (Å²) in [6.07, 6.45) is 0. The Morgan fingerprint density at radius 2 is 1.67 bits per heavy atom. The van der Waals surface area contributed by atoms with E-state index in [1.54, 1.807) is 18.2 Å². The second kappa shape index (κ2) is 5.47. The van der Waals surface area contributed by atoms with Gasteiger partial charge in [0, 0.05) is 9.75 Å². The molecule has 18 heavy (non-hydrogen) atoms. The van der Waals surface area contributed by atoms with E-state index in [0.29, 0.717) is 0 Å². The van der Waals surface area contributed by atoms with Gasteiger partial charge in [0.1, 0.15) is 0 Å². The van der Waals surface area contributed by atoms with Gasteiger partial charge in [-0.15, -0.1) is 22.7 Å². The minimum atomic E-state index is -1.01. The summed E-state index contributed by atoms with van der Waals surface area (Å²) in [4.78, 5) is 3.05. The maximum absolute atomic E-state index is 13.7. The molecular formula is C14H10F2S2. The van der Waals surface area contributed by atoms with Crippen LogP contribution >= 0.6 is 22.7 Å². The summed E-state index contributed by atoms with van der Waals surface area (Å²) >= 11 is 2.67. The average molecular weight is 280 g/mol. The minimum absolute atomic E-state index is 0.279. The summed E-state index contributed by atoms with van der Waals surface area (Å²) in [5.41, 5.74) is 0. The summed E-state index contributed by atoms with van der Waals surface area (Å²) in [5.74, 6) is 2.96. The summed E-state index contributed by atoms with van der Waals surface area (Å²) < 4.78 is 27.2. The predicted octanol–water partition coefficient (Wildman–Crippen LogP) is 5.09. The summed E-state index contributed by atoms with van der Waals surface area (Å²) in [6.45, 7) is 3.79. The van der Waals surface area contributed by atoms with Gasteiger partial charge < -0.3 is 0 Å². The third kappa shape index (κ3) is 3.06. The molecular weight excluding hydrogens is 270 g/mol. The molecule has 0 saturated heterocycles. The fourth-order valence-electron chi connectivity index (χ4n) is 1.33. The van der Waals surface area contributed by atoms with Crippen LogP contribution < -0.4 is 0 Å². The van der Waals surface area contributed by atoms with Gasteiger partial charge in [-0.2, -0.15) is 4.39 Å². The number of hydrogen-bond acceptors (Lipinski definition) is 2. The third-order valence-corrected chi connectivity index (χ3v) is 4.09. The van der Waals surface area contributed by atoms with Crippen LogP contribution in [0.2, 0.25) is 0 Å². The molecule has 0 aliphatic rings. The molecule has 0 aliphatic heterocycles. The van der Waals surface area contributed by atoms with Crippen molar-refractivity contribution in [3.63, 3.8) is 0 Å². The summed E-state index contributed by atoms with van der Waals surface area (Å²) in [5, 5.41) is 0. The van der Waals surface area contributed by atoms with E-state index < -0.39 is 11.7 Å². The molecule has 0 N–H and O–H groups in total. The molecule has 2 rings (SSSR count). The highest BCUT2D eigenvalue weighted by atomic mass is 32.1. The maximum Gasteiger partial charge on any atom is 0.210 e. The van der Waals surface area contributed by atoms with Crippen molar-refractivity contribution < 1.29 is 8.78 Å². The largest absolute Gasteiger partial charge is 0.210 e. The van der Waals surface area contributed by atoms with Crippen molar-refractivity contribution in [3.05, 3.63) is 49.6 Å². The molecule has 0 aromatic carbocycles. The van der Waals surface area contributed by atoms with E-state index in [1.807, 2.05) is 19.9 Å². The first-order chi connectivity index (χ1) is 8.56. The van der Waals surface area contributed by atoms with Crippen LogP contribution in [0.5, 0.6) is 0 Å². The van der Waals surface area contributed by atoms with E-state index in [1.165, 1.54) is 22.7 Å². The zero-order valence-corrected chi connectivity index (χ0v) is 11.5. The SMILES string of the molecule is Cc1ccc(C#C/C(F)=C(/F)c2ccc(C)s2)s1. The number of hydrogen-bond donors (Lipinski definition) is 0. The molecule has 0 bridgehead atoms. The normalized spacial score (nSPS) is 11.8. The van der Waals surface area contributed by atoms with Gasteiger partial charge in [-0.25, -0.2) is 4.39 Å². The van der Waals surface area contributed by atoms with Gasteiger partial charge in [0.2, 0.25) is 5.83 Å². The second-order valence-electron chi connectivity index (χ2n) is 3.70. The Labute approximate surface area is 113 Å². The number of allylic oxidation sites excluding steroid dienone is 1. The topological polar surface area (TPSA) is 0 Å². The zero-order chi connectivity index (χ0) is 13.1. The van der Waals surface area contributed by atoms with Crippen molar-refractivity contribution in [2.75, 3.05) is 0 Å². The molecule has 0 spiro atoms. The fraction of sp³-hybridized carbons (Fsp3) is 0.143. The van der Waals surface area contributed by atoms with Crippen molar-refractivity contribution in [1.82, 2.24) is 0 Å². The van der Waals surface area contributed by atoms with Crippen LogP contribution in [0.4, 0.5) is 8.78 Å². The Morgan fingerprint density at radius 1 is 1.00 bits per heavy atom. The molecule has 0 nitrogen and oxygen atoms in total. The lowest BCUT2D eigenvalue weighted by molar-refractivity contribution is 0.637. The van der Waals surface area contributed by atoms with Gasteiger partial charge in [-0.05, 0) is 50.0 Å². The molecule has 92 valence electrons. The number of aryl methyl sites for hydroxylation is 2. The van der Waals surface area contributed by atoms with E-state index in [9.17, 15) is 8.78 Å². The highest BCUT2D eigenvalue weighted by Crippen LogP contribution is 2.27. The molecule has 2 aromatic heterocycles. The highest BCUT2D eigenvalue weighted by molar-refractivity contribution is 7.13. The number of halogens is 2. The molecule has 0 radical (unpaired) electrons. The monoisotopic (exact) mass is 280 g/mol. The first-order valence-corrected chi connectivity index (χ1v) is 6.90. The van der Waals surface area contributed by atoms with Gasteiger partial charge in [-0.3, -0.25) is 0 Å². The van der Waals surface area contributed by atoms with Crippen LogP contribution in [0.1, 0.15) is 19.5 Å². The second-order valence-corrected chi connectivity index (χ2v) is 6.27. The van der Waals surface area contributed by atoms with E-state index >= 15 is 0 Å². The number of rotatable bonds is 1. The number of thiophene rings is 2. The zero-order valence-electron chi connectivity index (χ0n) is 9.88. The smallest absolute Gasteiger partial charge is 0.201 e. The minimum Gasteiger partial charge on any atom is -0.201 e. The molecule has 0 amide bonds. The van der Waals surface area contributed by atoms with Crippen molar-refractivity contribution in [3.8, 4) is 11.8 Å². The molecule has 0 unspecified atom stereocenters. The molecule has 2 heterocycles. The highest BCUT2D eigenvalue weighted by Gasteiger charge is 2.09. The molecule has 0 atom stereocenters. The van der Waals surface area contributed by atoms with Gasteiger partial charge in [0.15, 0.2) is 5.83 Å². The standard InChI is InChI=1S/C14H10F2S2/c1-9-3-5-11(17-9)6-7-12(15)14(16)13-8-4-10(2)18-13/h3-5,8H,1-2H3/b14-12-. The quantitative estimate of drug-likeness (QED) is 0.639. The molecule has 2 aromatic rings. The van der Waals surface area contributed by atoms with Crippen LogP contribution in [0.3, 0.4) is 0 Å². The lowest BCUT2D eigenvalue weighted by atomic mass is 10.3. The van der Waals surface area contributed by atoms with Gasteiger partial charge >= 0.3 is 0 Å². The Kier molecular flexibility index (Phi) is 3.95. The van der Waals surface area contributed by atoms with E-state index in [4.69, 9.17) is 0 Å². The van der Waals surface area contributed by atoms with Gasteiger partial charge in [0.25, 0.3) is 0 Å². The Balaban J connectivity index is 2.26. The van der Waals surface area contributed by atoms with Crippen molar-refractivity contribution >= 4 is 28.5 Å². The van der Waals surface area contributed by atoms with E-state index in [2.05, 4.69) is 11.8 Å². The van der Waals surface area contributed by atoms with Crippen LogP contribution in [-0.4, -0.2) is 0 Å². The Hall–Kier alpha value is -1.44. The van der Waals surface area contributed by atoms with E-state index in [0.717, 1.165) is 14.6 Å². The average Bonchev–Trinajstić information content (AvgIpc) is 2.94. The van der Waals surface area contributed by atoms with Gasteiger partial charge in [0.05, 0.1) is 9.75 Å². The van der Waals surface area contributed by atoms with Crippen LogP contribution in [-0.2, 0) is 0 Å². The lowest BCUT2D eigenvalue weighted by Gasteiger charge is -1.90.